The third-order valence-corrected chi connectivity index (χ3v) is 5.63. The minimum Gasteiger partial charge on any atom is -0.342 e. The zero-order chi connectivity index (χ0) is 19.3. The van der Waals surface area contributed by atoms with Crippen LogP contribution in [0.4, 0.5) is 0 Å². The molecule has 1 aromatic carbocycles. The van der Waals surface area contributed by atoms with Gasteiger partial charge in [0.15, 0.2) is 0 Å². The number of hydrogen-bond acceptors (Lipinski definition) is 4. The Morgan fingerprint density at radius 1 is 1.08 bits per heavy atom. The quantitative estimate of drug-likeness (QED) is 0.745. The monoisotopic (exact) mass is 373 g/mol. The van der Waals surface area contributed by atoms with Crippen LogP contribution >= 0.6 is 11.3 Å². The SMILES string of the molecule is CCc1ccc(-c2nc(C)c(C(=O)N(C)CC(=O)N(CC)CC)s2)cc1. The Labute approximate surface area is 159 Å². The van der Waals surface area contributed by atoms with Crippen molar-refractivity contribution in [2.45, 2.75) is 34.1 Å². The van der Waals surface area contributed by atoms with Gasteiger partial charge in [-0.2, -0.15) is 0 Å². The molecule has 2 aromatic rings. The van der Waals surface area contributed by atoms with Gasteiger partial charge in [0, 0.05) is 25.7 Å². The molecule has 0 aliphatic carbocycles. The van der Waals surface area contributed by atoms with Crippen LogP contribution in [0.5, 0.6) is 0 Å². The van der Waals surface area contributed by atoms with Crippen LogP contribution in [0.3, 0.4) is 0 Å². The highest BCUT2D eigenvalue weighted by Gasteiger charge is 2.22. The summed E-state index contributed by atoms with van der Waals surface area (Å²) in [5.41, 5.74) is 2.99. The predicted molar refractivity (Wildman–Crippen MR) is 107 cm³/mol. The Balaban J connectivity index is 2.16. The highest BCUT2D eigenvalue weighted by atomic mass is 32.1. The molecule has 26 heavy (non-hydrogen) atoms. The number of nitrogens with zero attached hydrogens (tertiary/aromatic N) is 3. The van der Waals surface area contributed by atoms with Crippen molar-refractivity contribution in [1.82, 2.24) is 14.8 Å². The van der Waals surface area contributed by atoms with Crippen LogP contribution in [0.15, 0.2) is 24.3 Å². The Morgan fingerprint density at radius 3 is 2.23 bits per heavy atom. The molecule has 0 bridgehead atoms. The standard InChI is InChI=1S/C20H27N3O2S/c1-6-15-9-11-16(12-10-15)19-21-14(4)18(26-19)20(25)22(5)13-17(24)23(7-2)8-3/h9-12H,6-8,13H2,1-5H3. The van der Waals surface area contributed by atoms with Gasteiger partial charge in [0.05, 0.1) is 12.2 Å². The molecular weight excluding hydrogens is 346 g/mol. The molecule has 1 heterocycles. The molecule has 1 aromatic heterocycles. The zero-order valence-electron chi connectivity index (χ0n) is 16.2. The number of thiazole rings is 1. The normalized spacial score (nSPS) is 10.7. The third kappa shape index (κ3) is 4.49. The van der Waals surface area contributed by atoms with E-state index in [1.807, 2.05) is 32.9 Å². The van der Waals surface area contributed by atoms with E-state index in [0.29, 0.717) is 23.7 Å². The van der Waals surface area contributed by atoms with E-state index in [0.717, 1.165) is 17.0 Å². The van der Waals surface area contributed by atoms with Crippen molar-refractivity contribution in [1.29, 1.82) is 0 Å². The number of aromatic nitrogens is 1. The highest BCUT2D eigenvalue weighted by molar-refractivity contribution is 7.17. The minimum absolute atomic E-state index is 0.0385. The number of benzene rings is 1. The maximum absolute atomic E-state index is 12.8. The predicted octanol–water partition coefficient (Wildman–Crippen LogP) is 3.62. The summed E-state index contributed by atoms with van der Waals surface area (Å²) in [7, 11) is 1.67. The van der Waals surface area contributed by atoms with Crippen LogP contribution in [-0.4, -0.2) is 53.3 Å². The lowest BCUT2D eigenvalue weighted by Crippen LogP contribution is -2.41. The van der Waals surface area contributed by atoms with Crippen molar-refractivity contribution in [3.8, 4) is 10.6 Å². The number of aryl methyl sites for hydroxylation is 2. The first kappa shape index (κ1) is 20.1. The van der Waals surface area contributed by atoms with Crippen molar-refractivity contribution in [3.63, 3.8) is 0 Å². The molecule has 2 amide bonds. The van der Waals surface area contributed by atoms with Crippen molar-refractivity contribution < 1.29 is 9.59 Å². The number of carbonyl (C=O) groups excluding carboxylic acids is 2. The van der Waals surface area contributed by atoms with E-state index >= 15 is 0 Å². The number of hydrogen-bond donors (Lipinski definition) is 0. The Kier molecular flexibility index (Phi) is 6.91. The van der Waals surface area contributed by atoms with E-state index < -0.39 is 0 Å². The van der Waals surface area contributed by atoms with Gasteiger partial charge < -0.3 is 9.80 Å². The van der Waals surface area contributed by atoms with Crippen LogP contribution in [-0.2, 0) is 11.2 Å². The van der Waals surface area contributed by atoms with Crippen LogP contribution in [0, 0.1) is 6.92 Å². The molecule has 0 N–H and O–H groups in total. The van der Waals surface area contributed by atoms with E-state index in [4.69, 9.17) is 0 Å². The van der Waals surface area contributed by atoms with Crippen LogP contribution in [0.1, 0.15) is 41.7 Å². The molecule has 0 saturated heterocycles. The summed E-state index contributed by atoms with van der Waals surface area (Å²) in [6.45, 7) is 9.21. The van der Waals surface area contributed by atoms with Crippen LogP contribution in [0.25, 0.3) is 10.6 Å². The third-order valence-electron chi connectivity index (χ3n) is 4.44. The summed E-state index contributed by atoms with van der Waals surface area (Å²) in [6, 6.07) is 8.25. The van der Waals surface area contributed by atoms with Crippen molar-refractivity contribution >= 4 is 23.2 Å². The van der Waals surface area contributed by atoms with Crippen LogP contribution in [0.2, 0.25) is 0 Å². The summed E-state index contributed by atoms with van der Waals surface area (Å²) in [5, 5.41) is 0.831. The summed E-state index contributed by atoms with van der Waals surface area (Å²) in [4.78, 5) is 33.4. The molecule has 0 fully saturated rings. The van der Waals surface area contributed by atoms with Crippen LogP contribution < -0.4 is 0 Å². The first-order chi connectivity index (χ1) is 12.4. The second kappa shape index (κ2) is 8.94. The number of rotatable bonds is 7. The first-order valence-corrected chi connectivity index (χ1v) is 9.82. The van der Waals surface area contributed by atoms with Gasteiger partial charge in [-0.05, 0) is 32.8 Å². The van der Waals surface area contributed by atoms with E-state index in [-0.39, 0.29) is 18.4 Å². The van der Waals surface area contributed by atoms with Gasteiger partial charge in [-0.1, -0.05) is 31.2 Å². The lowest BCUT2D eigenvalue weighted by atomic mass is 10.1. The van der Waals surface area contributed by atoms with Gasteiger partial charge in [-0.15, -0.1) is 11.3 Å². The van der Waals surface area contributed by atoms with E-state index in [2.05, 4.69) is 24.0 Å². The van der Waals surface area contributed by atoms with E-state index in [1.165, 1.54) is 21.8 Å². The molecule has 0 unspecified atom stereocenters. The molecule has 0 saturated carbocycles. The fraction of sp³-hybridized carbons (Fsp3) is 0.450. The molecule has 5 nitrogen and oxygen atoms in total. The maximum Gasteiger partial charge on any atom is 0.266 e. The van der Waals surface area contributed by atoms with Gasteiger partial charge >= 0.3 is 0 Å². The topological polar surface area (TPSA) is 53.5 Å². The van der Waals surface area contributed by atoms with Crippen molar-refractivity contribution in [3.05, 3.63) is 40.4 Å². The molecule has 0 atom stereocenters. The van der Waals surface area contributed by atoms with Gasteiger partial charge in [-0.3, -0.25) is 9.59 Å². The molecule has 2 rings (SSSR count). The second-order valence-corrected chi connectivity index (χ2v) is 7.21. The van der Waals surface area contributed by atoms with Gasteiger partial charge in [0.25, 0.3) is 5.91 Å². The summed E-state index contributed by atoms with van der Waals surface area (Å²) < 4.78 is 0. The van der Waals surface area contributed by atoms with Crippen molar-refractivity contribution in [2.75, 3.05) is 26.7 Å². The summed E-state index contributed by atoms with van der Waals surface area (Å²) in [6.07, 6.45) is 0.992. The molecule has 0 radical (unpaired) electrons. The Morgan fingerprint density at radius 2 is 1.69 bits per heavy atom. The lowest BCUT2D eigenvalue weighted by Gasteiger charge is -2.22. The molecule has 140 valence electrons. The Hall–Kier alpha value is -2.21. The summed E-state index contributed by atoms with van der Waals surface area (Å²) in [5.74, 6) is -0.194. The highest BCUT2D eigenvalue weighted by Crippen LogP contribution is 2.29. The lowest BCUT2D eigenvalue weighted by molar-refractivity contribution is -0.131. The van der Waals surface area contributed by atoms with Gasteiger partial charge in [0.1, 0.15) is 9.88 Å². The Bertz CT molecular complexity index is 764. The average Bonchev–Trinajstić information content (AvgIpc) is 3.03. The van der Waals surface area contributed by atoms with Gasteiger partial charge in [0.2, 0.25) is 5.91 Å². The smallest absolute Gasteiger partial charge is 0.266 e. The average molecular weight is 374 g/mol. The molecule has 6 heteroatoms. The molecule has 0 aliphatic heterocycles. The fourth-order valence-corrected chi connectivity index (χ4v) is 3.79. The molecule has 0 aliphatic rings. The first-order valence-electron chi connectivity index (χ1n) is 9.01. The molecule has 0 spiro atoms. The van der Waals surface area contributed by atoms with E-state index in [9.17, 15) is 9.59 Å². The van der Waals surface area contributed by atoms with Crippen molar-refractivity contribution in [2.24, 2.45) is 0 Å². The molecular formula is C20H27N3O2S. The fourth-order valence-electron chi connectivity index (χ4n) is 2.73. The second-order valence-electron chi connectivity index (χ2n) is 6.21. The maximum atomic E-state index is 12.8. The van der Waals surface area contributed by atoms with E-state index in [1.54, 1.807) is 11.9 Å². The van der Waals surface area contributed by atoms with Gasteiger partial charge in [-0.25, -0.2) is 4.98 Å². The summed E-state index contributed by atoms with van der Waals surface area (Å²) >= 11 is 1.38. The number of likely N-dealkylation sites (N-methyl/N-ethyl adjacent to an activating group) is 2. The zero-order valence-corrected chi connectivity index (χ0v) is 17.0. The minimum atomic E-state index is -0.156. The largest absolute Gasteiger partial charge is 0.342 e. The number of carbonyl (C=O) groups is 2. The number of amides is 2.